The van der Waals surface area contributed by atoms with Gasteiger partial charge < -0.3 is 5.32 Å². The lowest BCUT2D eigenvalue weighted by molar-refractivity contribution is 0.102. The van der Waals surface area contributed by atoms with Gasteiger partial charge in [-0.1, -0.05) is 54.0 Å². The summed E-state index contributed by atoms with van der Waals surface area (Å²) >= 11 is 3.29. The quantitative estimate of drug-likeness (QED) is 0.488. The van der Waals surface area contributed by atoms with Crippen LogP contribution in [0.5, 0.6) is 0 Å². The Hall–Kier alpha value is -2.64. The van der Waals surface area contributed by atoms with Gasteiger partial charge in [-0.3, -0.25) is 9.52 Å². The third-order valence-corrected chi connectivity index (χ3v) is 6.29. The average molecular weight is 473 g/mol. The minimum Gasteiger partial charge on any atom is -0.322 e. The molecule has 2 N–H and O–H groups in total. The molecule has 0 aliphatic heterocycles. The molecule has 0 aliphatic rings. The lowest BCUT2D eigenvalue weighted by Crippen LogP contribution is -2.18. The molecule has 0 atom stereocenters. The molecule has 3 aromatic rings. The molecule has 5 nitrogen and oxygen atoms in total. The normalized spacial score (nSPS) is 11.3. The van der Waals surface area contributed by atoms with Gasteiger partial charge in [-0.15, -0.1) is 0 Å². The van der Waals surface area contributed by atoms with Crippen molar-refractivity contribution >= 4 is 43.2 Å². The molecule has 0 fully saturated rings. The number of rotatable bonds is 6. The number of nitrogens with one attached hydrogen (secondary N) is 2. The van der Waals surface area contributed by atoms with E-state index in [1.54, 1.807) is 36.4 Å². The molecule has 7 heteroatoms. The first-order valence-corrected chi connectivity index (χ1v) is 11.3. The molecule has 0 unspecified atom stereocenters. The molecule has 150 valence electrons. The second kappa shape index (κ2) is 8.80. The smallest absolute Gasteiger partial charge is 0.261 e. The molecule has 0 spiro atoms. The van der Waals surface area contributed by atoms with Crippen molar-refractivity contribution < 1.29 is 13.2 Å². The fourth-order valence-electron chi connectivity index (χ4n) is 2.74. The van der Waals surface area contributed by atoms with Crippen LogP contribution in [-0.2, 0) is 10.0 Å². The lowest BCUT2D eigenvalue weighted by Gasteiger charge is -2.13. The van der Waals surface area contributed by atoms with Crippen molar-refractivity contribution in [3.63, 3.8) is 0 Å². The summed E-state index contributed by atoms with van der Waals surface area (Å²) in [6.45, 7) is 4.20. The van der Waals surface area contributed by atoms with E-state index in [1.807, 2.05) is 24.3 Å². The highest BCUT2D eigenvalue weighted by Crippen LogP contribution is 2.23. The van der Waals surface area contributed by atoms with E-state index in [9.17, 15) is 13.2 Å². The van der Waals surface area contributed by atoms with E-state index in [0.29, 0.717) is 11.6 Å². The number of halogens is 1. The van der Waals surface area contributed by atoms with E-state index in [2.05, 4.69) is 39.8 Å². The lowest BCUT2D eigenvalue weighted by atomic mass is 10.0. The van der Waals surface area contributed by atoms with Crippen molar-refractivity contribution in [1.29, 1.82) is 0 Å². The van der Waals surface area contributed by atoms with Gasteiger partial charge in [0.25, 0.3) is 15.9 Å². The van der Waals surface area contributed by atoms with Crippen LogP contribution in [0.3, 0.4) is 0 Å². The largest absolute Gasteiger partial charge is 0.322 e. The van der Waals surface area contributed by atoms with Crippen LogP contribution in [0.4, 0.5) is 11.4 Å². The Morgan fingerprint density at radius 1 is 0.897 bits per heavy atom. The van der Waals surface area contributed by atoms with Gasteiger partial charge in [0.2, 0.25) is 0 Å². The summed E-state index contributed by atoms with van der Waals surface area (Å²) in [5, 5.41) is 2.82. The Morgan fingerprint density at radius 2 is 1.52 bits per heavy atom. The highest BCUT2D eigenvalue weighted by molar-refractivity contribution is 9.10. The molecule has 0 saturated heterocycles. The molecular weight excluding hydrogens is 452 g/mol. The Morgan fingerprint density at radius 3 is 2.14 bits per heavy atom. The number of carbonyl (C=O) groups is 1. The van der Waals surface area contributed by atoms with E-state index in [4.69, 9.17) is 0 Å². The maximum Gasteiger partial charge on any atom is 0.261 e. The van der Waals surface area contributed by atoms with E-state index in [-0.39, 0.29) is 16.1 Å². The Bertz CT molecular complexity index is 1110. The number of hydrogen-bond acceptors (Lipinski definition) is 3. The van der Waals surface area contributed by atoms with Crippen molar-refractivity contribution in [2.24, 2.45) is 0 Å². The standard InChI is InChI=1S/C22H21BrN2O3S/c1-15(2)16-7-11-18(12-8-16)24-22(26)20-5-3-4-6-21(20)25-29(27,28)19-13-9-17(23)10-14-19/h3-15,25H,1-2H3,(H,24,26). The zero-order chi connectivity index (χ0) is 21.0. The van der Waals surface area contributed by atoms with Crippen molar-refractivity contribution in [2.45, 2.75) is 24.7 Å². The van der Waals surface area contributed by atoms with E-state index < -0.39 is 15.9 Å². The second-order valence-corrected chi connectivity index (χ2v) is 9.43. The first-order chi connectivity index (χ1) is 13.8. The molecule has 0 radical (unpaired) electrons. The highest BCUT2D eigenvalue weighted by atomic mass is 79.9. The van der Waals surface area contributed by atoms with Gasteiger partial charge in [-0.25, -0.2) is 8.42 Å². The third-order valence-electron chi connectivity index (χ3n) is 4.38. The van der Waals surface area contributed by atoms with Crippen molar-refractivity contribution in [3.05, 3.63) is 88.4 Å². The molecule has 29 heavy (non-hydrogen) atoms. The van der Waals surface area contributed by atoms with Gasteiger partial charge in [0.15, 0.2) is 0 Å². The van der Waals surface area contributed by atoms with E-state index in [0.717, 1.165) is 4.47 Å². The average Bonchev–Trinajstić information content (AvgIpc) is 2.69. The molecular formula is C22H21BrN2O3S. The molecule has 0 heterocycles. The summed E-state index contributed by atoms with van der Waals surface area (Å²) in [7, 11) is -3.82. The van der Waals surface area contributed by atoms with Crippen LogP contribution in [-0.4, -0.2) is 14.3 Å². The van der Waals surface area contributed by atoms with Crippen LogP contribution < -0.4 is 10.0 Å². The van der Waals surface area contributed by atoms with E-state index in [1.165, 1.54) is 17.7 Å². The van der Waals surface area contributed by atoms with Crippen LogP contribution in [0.2, 0.25) is 0 Å². The number of anilines is 2. The highest BCUT2D eigenvalue weighted by Gasteiger charge is 2.18. The SMILES string of the molecule is CC(C)c1ccc(NC(=O)c2ccccc2NS(=O)(=O)c2ccc(Br)cc2)cc1. The fraction of sp³-hybridized carbons (Fsp3) is 0.136. The maximum atomic E-state index is 12.8. The molecule has 0 saturated carbocycles. The fourth-order valence-corrected chi connectivity index (χ4v) is 4.08. The van der Waals surface area contributed by atoms with Crippen LogP contribution >= 0.6 is 15.9 Å². The molecule has 0 aliphatic carbocycles. The number of benzene rings is 3. The van der Waals surface area contributed by atoms with Gasteiger partial charge in [0, 0.05) is 10.2 Å². The van der Waals surface area contributed by atoms with Crippen LogP contribution in [0.25, 0.3) is 0 Å². The maximum absolute atomic E-state index is 12.8. The monoisotopic (exact) mass is 472 g/mol. The molecule has 1 amide bonds. The topological polar surface area (TPSA) is 75.3 Å². The minimum atomic E-state index is -3.82. The Balaban J connectivity index is 1.82. The molecule has 0 aromatic heterocycles. The van der Waals surface area contributed by atoms with Gasteiger partial charge in [-0.05, 0) is 60.0 Å². The molecule has 3 aromatic carbocycles. The summed E-state index contributed by atoms with van der Waals surface area (Å²) in [4.78, 5) is 12.9. The van der Waals surface area contributed by atoms with Crippen molar-refractivity contribution in [1.82, 2.24) is 0 Å². The van der Waals surface area contributed by atoms with Crippen LogP contribution in [0, 0.1) is 0 Å². The zero-order valence-corrected chi connectivity index (χ0v) is 18.4. The predicted molar refractivity (Wildman–Crippen MR) is 120 cm³/mol. The Kier molecular flexibility index (Phi) is 6.39. The number of sulfonamides is 1. The zero-order valence-electron chi connectivity index (χ0n) is 16.0. The predicted octanol–water partition coefficient (Wildman–Crippen LogP) is 5.63. The third kappa shape index (κ3) is 5.25. The second-order valence-electron chi connectivity index (χ2n) is 6.84. The number of amides is 1. The summed E-state index contributed by atoms with van der Waals surface area (Å²) in [6, 6.07) is 20.4. The van der Waals surface area contributed by atoms with Gasteiger partial charge in [0.05, 0.1) is 16.1 Å². The van der Waals surface area contributed by atoms with Gasteiger partial charge >= 0.3 is 0 Å². The Labute approximate surface area is 179 Å². The first kappa shape index (κ1) is 21.1. The van der Waals surface area contributed by atoms with E-state index >= 15 is 0 Å². The molecule has 3 rings (SSSR count). The molecule has 0 bridgehead atoms. The van der Waals surface area contributed by atoms with Gasteiger partial charge in [0.1, 0.15) is 0 Å². The summed E-state index contributed by atoms with van der Waals surface area (Å²) in [5.41, 5.74) is 2.27. The van der Waals surface area contributed by atoms with Gasteiger partial charge in [-0.2, -0.15) is 0 Å². The van der Waals surface area contributed by atoms with Crippen molar-refractivity contribution in [3.8, 4) is 0 Å². The van der Waals surface area contributed by atoms with Crippen LogP contribution in [0.1, 0.15) is 35.7 Å². The van der Waals surface area contributed by atoms with Crippen LogP contribution in [0.15, 0.2) is 82.2 Å². The first-order valence-electron chi connectivity index (χ1n) is 9.05. The van der Waals surface area contributed by atoms with Crippen molar-refractivity contribution in [2.75, 3.05) is 10.0 Å². The summed E-state index contributed by atoms with van der Waals surface area (Å²) in [6.07, 6.45) is 0. The summed E-state index contributed by atoms with van der Waals surface area (Å²) in [5.74, 6) is 0.00453. The number of hydrogen-bond donors (Lipinski definition) is 2. The number of carbonyl (C=O) groups excluding carboxylic acids is 1. The summed E-state index contributed by atoms with van der Waals surface area (Å²) < 4.78 is 28.7. The minimum absolute atomic E-state index is 0.111. The number of para-hydroxylation sites is 1.